The molecule has 0 rings (SSSR count). The van der Waals surface area contributed by atoms with Crippen molar-refractivity contribution >= 4 is 0 Å². The molecule has 70 valence electrons. The van der Waals surface area contributed by atoms with Crippen LogP contribution in [0, 0.1) is 11.3 Å². The Morgan fingerprint density at radius 1 is 1.42 bits per heavy atom. The second kappa shape index (κ2) is 4.49. The van der Waals surface area contributed by atoms with Gasteiger partial charge in [-0.05, 0) is 24.7 Å². The maximum absolute atomic E-state index is 3.85. The Morgan fingerprint density at radius 2 is 1.92 bits per heavy atom. The molecule has 0 heterocycles. The molecule has 0 nitrogen and oxygen atoms in total. The minimum absolute atomic E-state index is 0.313. The molecule has 0 heteroatoms. The topological polar surface area (TPSA) is 0 Å². The molecule has 0 fully saturated rings. The van der Waals surface area contributed by atoms with E-state index in [0.29, 0.717) is 5.41 Å². The summed E-state index contributed by atoms with van der Waals surface area (Å²) in [4.78, 5) is 0. The van der Waals surface area contributed by atoms with Crippen LogP contribution in [-0.2, 0) is 0 Å². The molecule has 0 N–H and O–H groups in total. The third-order valence-electron chi connectivity index (χ3n) is 1.75. The molecular formula is C12H22. The highest BCUT2D eigenvalue weighted by Crippen LogP contribution is 2.26. The second-order valence-corrected chi connectivity index (χ2v) is 4.77. The molecule has 0 atom stereocenters. The Kier molecular flexibility index (Phi) is 4.30. The van der Waals surface area contributed by atoms with Crippen LogP contribution in [-0.4, -0.2) is 0 Å². The van der Waals surface area contributed by atoms with Gasteiger partial charge in [-0.15, -0.1) is 0 Å². The van der Waals surface area contributed by atoms with Crippen molar-refractivity contribution in [3.05, 3.63) is 24.3 Å². The van der Waals surface area contributed by atoms with Gasteiger partial charge in [0.05, 0.1) is 0 Å². The average Bonchev–Trinajstić information content (AvgIpc) is 1.81. The molecule has 0 aliphatic heterocycles. The molecule has 0 saturated heterocycles. The van der Waals surface area contributed by atoms with Crippen LogP contribution in [0.4, 0.5) is 0 Å². The molecule has 0 radical (unpaired) electrons. The van der Waals surface area contributed by atoms with Crippen LogP contribution in [0.15, 0.2) is 24.3 Å². The fraction of sp³-hybridized carbons (Fsp3) is 0.667. The van der Waals surface area contributed by atoms with Gasteiger partial charge in [0.15, 0.2) is 0 Å². The second-order valence-electron chi connectivity index (χ2n) is 4.77. The SMILES string of the molecule is C=C(C)C=CC(C)(C)CC(C)C. The van der Waals surface area contributed by atoms with Crippen molar-refractivity contribution in [3.63, 3.8) is 0 Å². The van der Waals surface area contributed by atoms with Crippen LogP contribution in [0.3, 0.4) is 0 Å². The normalized spacial score (nSPS) is 12.8. The zero-order valence-electron chi connectivity index (χ0n) is 9.15. The molecule has 0 aromatic rings. The molecule has 0 bridgehead atoms. The van der Waals surface area contributed by atoms with Crippen LogP contribution in [0.2, 0.25) is 0 Å². The van der Waals surface area contributed by atoms with Gasteiger partial charge >= 0.3 is 0 Å². The maximum Gasteiger partial charge on any atom is -0.0169 e. The molecule has 0 saturated carbocycles. The monoisotopic (exact) mass is 166 g/mol. The van der Waals surface area contributed by atoms with Gasteiger partial charge in [0.2, 0.25) is 0 Å². The summed E-state index contributed by atoms with van der Waals surface area (Å²) in [6, 6.07) is 0. The number of allylic oxidation sites excluding steroid dienone is 3. The van der Waals surface area contributed by atoms with Crippen molar-refractivity contribution in [3.8, 4) is 0 Å². The standard InChI is InChI=1S/C12H22/c1-10(2)7-8-12(5,6)9-11(3)4/h7-8,11H,1,9H2,2-6H3. The van der Waals surface area contributed by atoms with E-state index in [9.17, 15) is 0 Å². The van der Waals surface area contributed by atoms with Crippen LogP contribution in [0.25, 0.3) is 0 Å². The number of rotatable bonds is 4. The average molecular weight is 166 g/mol. The van der Waals surface area contributed by atoms with E-state index in [4.69, 9.17) is 0 Å². The van der Waals surface area contributed by atoms with Crippen molar-refractivity contribution < 1.29 is 0 Å². The molecule has 12 heavy (non-hydrogen) atoms. The van der Waals surface area contributed by atoms with Crippen LogP contribution in [0.5, 0.6) is 0 Å². The summed E-state index contributed by atoms with van der Waals surface area (Å²) in [5.74, 6) is 0.759. The minimum Gasteiger partial charge on any atom is -0.0961 e. The lowest BCUT2D eigenvalue weighted by Gasteiger charge is -2.22. The van der Waals surface area contributed by atoms with Gasteiger partial charge in [0, 0.05) is 0 Å². The first kappa shape index (κ1) is 11.5. The minimum atomic E-state index is 0.313. The van der Waals surface area contributed by atoms with E-state index in [0.717, 1.165) is 11.5 Å². The van der Waals surface area contributed by atoms with Gasteiger partial charge in [-0.25, -0.2) is 0 Å². The Morgan fingerprint density at radius 3 is 2.25 bits per heavy atom. The molecule has 0 aliphatic carbocycles. The summed E-state index contributed by atoms with van der Waals surface area (Å²) >= 11 is 0. The summed E-state index contributed by atoms with van der Waals surface area (Å²) in [6.07, 6.45) is 5.61. The number of hydrogen-bond donors (Lipinski definition) is 0. The van der Waals surface area contributed by atoms with Crippen molar-refractivity contribution in [2.45, 2.75) is 41.0 Å². The van der Waals surface area contributed by atoms with E-state index in [1.54, 1.807) is 0 Å². The van der Waals surface area contributed by atoms with Gasteiger partial charge in [-0.2, -0.15) is 0 Å². The highest BCUT2D eigenvalue weighted by molar-refractivity contribution is 5.13. The smallest absolute Gasteiger partial charge is 0.0169 e. The van der Waals surface area contributed by atoms with E-state index in [1.807, 2.05) is 6.92 Å². The quantitative estimate of drug-likeness (QED) is 0.549. The molecule has 0 aliphatic rings. The van der Waals surface area contributed by atoms with E-state index < -0.39 is 0 Å². The van der Waals surface area contributed by atoms with Gasteiger partial charge in [0.1, 0.15) is 0 Å². The van der Waals surface area contributed by atoms with E-state index in [2.05, 4.69) is 46.4 Å². The molecule has 0 unspecified atom stereocenters. The van der Waals surface area contributed by atoms with E-state index in [-0.39, 0.29) is 0 Å². The first-order valence-corrected chi connectivity index (χ1v) is 4.68. The molecular weight excluding hydrogens is 144 g/mol. The first-order chi connectivity index (χ1) is 5.33. The largest absolute Gasteiger partial charge is 0.0961 e. The molecule has 0 aromatic heterocycles. The van der Waals surface area contributed by atoms with Crippen LogP contribution >= 0.6 is 0 Å². The summed E-state index contributed by atoms with van der Waals surface area (Å²) in [5.41, 5.74) is 1.44. The van der Waals surface area contributed by atoms with Gasteiger partial charge < -0.3 is 0 Å². The van der Waals surface area contributed by atoms with Gasteiger partial charge in [-0.3, -0.25) is 0 Å². The molecule has 0 spiro atoms. The fourth-order valence-corrected chi connectivity index (χ4v) is 1.49. The third kappa shape index (κ3) is 6.21. The van der Waals surface area contributed by atoms with Crippen molar-refractivity contribution in [2.24, 2.45) is 11.3 Å². The Labute approximate surface area is 77.4 Å². The third-order valence-corrected chi connectivity index (χ3v) is 1.75. The van der Waals surface area contributed by atoms with Crippen molar-refractivity contribution in [1.82, 2.24) is 0 Å². The highest BCUT2D eigenvalue weighted by Gasteiger charge is 2.14. The lowest BCUT2D eigenvalue weighted by atomic mass is 9.83. The van der Waals surface area contributed by atoms with Crippen LogP contribution in [0.1, 0.15) is 41.0 Å². The maximum atomic E-state index is 3.85. The van der Waals surface area contributed by atoms with Crippen molar-refractivity contribution in [1.29, 1.82) is 0 Å². The zero-order valence-corrected chi connectivity index (χ0v) is 9.15. The predicted octanol–water partition coefficient (Wildman–Crippen LogP) is 4.19. The fourth-order valence-electron chi connectivity index (χ4n) is 1.49. The van der Waals surface area contributed by atoms with Gasteiger partial charge in [0.25, 0.3) is 0 Å². The summed E-state index contributed by atoms with van der Waals surface area (Å²) in [6.45, 7) is 14.9. The van der Waals surface area contributed by atoms with E-state index >= 15 is 0 Å². The highest BCUT2D eigenvalue weighted by atomic mass is 14.2. The Balaban J connectivity index is 4.12. The Bertz CT molecular complexity index is 170. The van der Waals surface area contributed by atoms with Crippen LogP contribution < -0.4 is 0 Å². The number of hydrogen-bond acceptors (Lipinski definition) is 0. The van der Waals surface area contributed by atoms with E-state index in [1.165, 1.54) is 6.42 Å². The molecule has 0 amide bonds. The summed E-state index contributed by atoms with van der Waals surface area (Å²) < 4.78 is 0. The lowest BCUT2D eigenvalue weighted by molar-refractivity contribution is 0.366. The van der Waals surface area contributed by atoms with Crippen molar-refractivity contribution in [2.75, 3.05) is 0 Å². The zero-order chi connectivity index (χ0) is 9.78. The summed E-state index contributed by atoms with van der Waals surface area (Å²) in [7, 11) is 0. The molecule has 0 aromatic carbocycles. The lowest BCUT2D eigenvalue weighted by Crippen LogP contribution is -2.10. The predicted molar refractivity (Wildman–Crippen MR) is 57.2 cm³/mol. The van der Waals surface area contributed by atoms with Gasteiger partial charge in [-0.1, -0.05) is 52.0 Å². The first-order valence-electron chi connectivity index (χ1n) is 4.68. The Hall–Kier alpha value is -0.520. The summed E-state index contributed by atoms with van der Waals surface area (Å²) in [5, 5.41) is 0.